The van der Waals surface area contributed by atoms with Crippen molar-refractivity contribution in [2.24, 2.45) is 5.90 Å². The molecule has 1 aromatic rings. The summed E-state index contributed by atoms with van der Waals surface area (Å²) in [6.45, 7) is 1.51. The fraction of sp³-hybridized carbons (Fsp3) is 0.333. The van der Waals surface area contributed by atoms with Gasteiger partial charge in [0, 0.05) is 5.56 Å². The van der Waals surface area contributed by atoms with Crippen molar-refractivity contribution in [3.05, 3.63) is 23.8 Å². The van der Waals surface area contributed by atoms with E-state index in [0.717, 1.165) is 17.1 Å². The standard InChI is InChI=1S/C9H11NO3/c10-13-6-7-2-1-3-8-9(7)12-5-4-11-8/h1-3H,4-6,10H2. The maximum atomic E-state index is 5.45. The molecule has 2 N–H and O–H groups in total. The van der Waals surface area contributed by atoms with E-state index in [4.69, 9.17) is 15.4 Å². The molecule has 0 radical (unpaired) electrons. The van der Waals surface area contributed by atoms with E-state index < -0.39 is 0 Å². The highest BCUT2D eigenvalue weighted by Gasteiger charge is 2.14. The van der Waals surface area contributed by atoms with Gasteiger partial charge >= 0.3 is 0 Å². The summed E-state index contributed by atoms with van der Waals surface area (Å²) in [4.78, 5) is 4.56. The Labute approximate surface area is 76.2 Å². The number of para-hydroxylation sites is 1. The molecule has 0 bridgehead atoms. The largest absolute Gasteiger partial charge is 0.486 e. The summed E-state index contributed by atoms with van der Waals surface area (Å²) in [7, 11) is 0. The Bertz CT molecular complexity index is 301. The minimum atomic E-state index is 0.340. The van der Waals surface area contributed by atoms with Crippen molar-refractivity contribution < 1.29 is 14.3 Å². The quantitative estimate of drug-likeness (QED) is 0.687. The molecular formula is C9H11NO3. The SMILES string of the molecule is NOCc1cccc2c1OCCO2. The highest BCUT2D eigenvalue weighted by atomic mass is 16.6. The highest BCUT2D eigenvalue weighted by molar-refractivity contribution is 5.47. The maximum absolute atomic E-state index is 5.45. The van der Waals surface area contributed by atoms with Gasteiger partial charge in [0.05, 0.1) is 6.61 Å². The third kappa shape index (κ3) is 1.59. The average Bonchev–Trinajstić information content (AvgIpc) is 2.19. The highest BCUT2D eigenvalue weighted by Crippen LogP contribution is 2.33. The van der Waals surface area contributed by atoms with Crippen LogP contribution in [0.25, 0.3) is 0 Å². The summed E-state index contributed by atoms with van der Waals surface area (Å²) in [6, 6.07) is 5.66. The molecule has 1 aromatic carbocycles. The topological polar surface area (TPSA) is 53.7 Å². The molecule has 0 saturated carbocycles. The lowest BCUT2D eigenvalue weighted by Gasteiger charge is -2.20. The summed E-state index contributed by atoms with van der Waals surface area (Å²) in [6.07, 6.45) is 0. The normalized spacial score (nSPS) is 14.2. The molecule has 0 amide bonds. The van der Waals surface area contributed by atoms with Crippen LogP contribution in [0.1, 0.15) is 5.56 Å². The first-order valence-corrected chi connectivity index (χ1v) is 4.11. The molecule has 13 heavy (non-hydrogen) atoms. The maximum Gasteiger partial charge on any atom is 0.166 e. The molecule has 0 unspecified atom stereocenters. The first-order chi connectivity index (χ1) is 6.42. The van der Waals surface area contributed by atoms with Gasteiger partial charge in [0.15, 0.2) is 11.5 Å². The van der Waals surface area contributed by atoms with E-state index in [-0.39, 0.29) is 0 Å². The summed E-state index contributed by atoms with van der Waals surface area (Å²) in [5.74, 6) is 6.51. The zero-order valence-corrected chi connectivity index (χ0v) is 7.16. The predicted molar refractivity (Wildman–Crippen MR) is 46.4 cm³/mol. The number of hydrogen-bond acceptors (Lipinski definition) is 4. The van der Waals surface area contributed by atoms with Crippen molar-refractivity contribution in [1.82, 2.24) is 0 Å². The third-order valence-corrected chi connectivity index (χ3v) is 1.89. The number of benzene rings is 1. The molecule has 0 aliphatic carbocycles. The van der Waals surface area contributed by atoms with Gasteiger partial charge in [-0.1, -0.05) is 12.1 Å². The molecule has 1 aliphatic rings. The van der Waals surface area contributed by atoms with Crippen molar-refractivity contribution >= 4 is 0 Å². The average molecular weight is 181 g/mol. The number of nitrogens with two attached hydrogens (primary N) is 1. The molecule has 4 nitrogen and oxygen atoms in total. The zero-order chi connectivity index (χ0) is 9.10. The summed E-state index contributed by atoms with van der Waals surface area (Å²) in [5.41, 5.74) is 0.916. The first-order valence-electron chi connectivity index (χ1n) is 4.11. The second kappa shape index (κ2) is 3.64. The zero-order valence-electron chi connectivity index (χ0n) is 7.16. The number of rotatable bonds is 2. The lowest BCUT2D eigenvalue weighted by atomic mass is 10.2. The van der Waals surface area contributed by atoms with Gasteiger partial charge in [-0.25, -0.2) is 5.90 Å². The van der Waals surface area contributed by atoms with Crippen LogP contribution >= 0.6 is 0 Å². The summed E-state index contributed by atoms with van der Waals surface area (Å²) < 4.78 is 10.8. The van der Waals surface area contributed by atoms with Gasteiger partial charge in [-0.05, 0) is 6.07 Å². The van der Waals surface area contributed by atoms with Crippen LogP contribution < -0.4 is 15.4 Å². The third-order valence-electron chi connectivity index (χ3n) is 1.89. The van der Waals surface area contributed by atoms with Gasteiger partial charge in [-0.3, -0.25) is 4.84 Å². The molecule has 1 aliphatic heterocycles. The van der Waals surface area contributed by atoms with Crippen LogP contribution in [0.2, 0.25) is 0 Å². The van der Waals surface area contributed by atoms with Gasteiger partial charge in [0.25, 0.3) is 0 Å². The monoisotopic (exact) mass is 181 g/mol. The predicted octanol–water partition coefficient (Wildman–Crippen LogP) is 0.848. The minimum absolute atomic E-state index is 0.340. The van der Waals surface area contributed by atoms with Crippen LogP contribution in [-0.2, 0) is 11.4 Å². The van der Waals surface area contributed by atoms with E-state index in [0.29, 0.717) is 19.8 Å². The molecule has 0 aromatic heterocycles. The second-order valence-corrected chi connectivity index (χ2v) is 2.75. The van der Waals surface area contributed by atoms with Crippen LogP contribution in [0.15, 0.2) is 18.2 Å². The van der Waals surface area contributed by atoms with Gasteiger partial charge in [0.2, 0.25) is 0 Å². The number of ether oxygens (including phenoxy) is 2. The van der Waals surface area contributed by atoms with Crippen LogP contribution in [0.3, 0.4) is 0 Å². The van der Waals surface area contributed by atoms with E-state index in [9.17, 15) is 0 Å². The Kier molecular flexibility index (Phi) is 2.33. The van der Waals surface area contributed by atoms with Gasteiger partial charge in [-0.15, -0.1) is 0 Å². The van der Waals surface area contributed by atoms with Crippen molar-refractivity contribution in [2.75, 3.05) is 13.2 Å². The molecule has 70 valence electrons. The van der Waals surface area contributed by atoms with E-state index in [2.05, 4.69) is 4.84 Å². The van der Waals surface area contributed by atoms with Crippen molar-refractivity contribution in [3.63, 3.8) is 0 Å². The first kappa shape index (κ1) is 8.34. The lowest BCUT2D eigenvalue weighted by Crippen LogP contribution is -2.17. The lowest BCUT2D eigenvalue weighted by molar-refractivity contribution is 0.115. The van der Waals surface area contributed by atoms with E-state index >= 15 is 0 Å². The molecule has 0 fully saturated rings. The number of fused-ring (bicyclic) bond motifs is 1. The van der Waals surface area contributed by atoms with Gasteiger partial charge < -0.3 is 9.47 Å². The Hall–Kier alpha value is -1.26. The van der Waals surface area contributed by atoms with Crippen molar-refractivity contribution in [3.8, 4) is 11.5 Å². The molecule has 0 atom stereocenters. The van der Waals surface area contributed by atoms with E-state index in [1.165, 1.54) is 0 Å². The second-order valence-electron chi connectivity index (χ2n) is 2.75. The molecule has 0 spiro atoms. The molecule has 2 rings (SSSR count). The Balaban J connectivity index is 2.34. The Morgan fingerprint density at radius 3 is 3.00 bits per heavy atom. The Morgan fingerprint density at radius 1 is 1.31 bits per heavy atom. The van der Waals surface area contributed by atoms with Gasteiger partial charge in [-0.2, -0.15) is 0 Å². The number of hydrogen-bond donors (Lipinski definition) is 1. The summed E-state index contributed by atoms with van der Waals surface area (Å²) in [5, 5.41) is 0. The van der Waals surface area contributed by atoms with Crippen molar-refractivity contribution in [2.45, 2.75) is 6.61 Å². The molecule has 0 saturated heterocycles. The van der Waals surface area contributed by atoms with E-state index in [1.54, 1.807) is 0 Å². The van der Waals surface area contributed by atoms with Gasteiger partial charge in [0.1, 0.15) is 13.2 Å². The van der Waals surface area contributed by atoms with E-state index in [1.807, 2.05) is 18.2 Å². The van der Waals surface area contributed by atoms with Crippen LogP contribution in [-0.4, -0.2) is 13.2 Å². The van der Waals surface area contributed by atoms with Crippen molar-refractivity contribution in [1.29, 1.82) is 0 Å². The summed E-state index contributed by atoms with van der Waals surface area (Å²) >= 11 is 0. The fourth-order valence-electron chi connectivity index (χ4n) is 1.34. The Morgan fingerprint density at radius 2 is 2.15 bits per heavy atom. The molecular weight excluding hydrogens is 170 g/mol. The smallest absolute Gasteiger partial charge is 0.166 e. The molecule has 4 heteroatoms. The fourth-order valence-corrected chi connectivity index (χ4v) is 1.34. The van der Waals surface area contributed by atoms with Crippen LogP contribution in [0.4, 0.5) is 0 Å². The molecule has 1 heterocycles. The minimum Gasteiger partial charge on any atom is -0.486 e. The van der Waals surface area contributed by atoms with Crippen LogP contribution in [0, 0.1) is 0 Å². The van der Waals surface area contributed by atoms with Crippen LogP contribution in [0.5, 0.6) is 11.5 Å².